The van der Waals surface area contributed by atoms with E-state index in [0.717, 1.165) is 11.1 Å². The quantitative estimate of drug-likeness (QED) is 0.878. The fourth-order valence-corrected chi connectivity index (χ4v) is 1.53. The summed E-state index contributed by atoms with van der Waals surface area (Å²) in [7, 11) is 1.54. The lowest BCUT2D eigenvalue weighted by atomic mass is 10.0. The van der Waals surface area contributed by atoms with Crippen LogP contribution in [0.2, 0.25) is 0 Å². The van der Waals surface area contributed by atoms with Crippen LogP contribution >= 0.6 is 0 Å². The Morgan fingerprint density at radius 3 is 2.71 bits per heavy atom. The summed E-state index contributed by atoms with van der Waals surface area (Å²) in [6, 6.07) is 10.3. The highest BCUT2D eigenvalue weighted by atomic mass is 16.5. The van der Waals surface area contributed by atoms with E-state index in [4.69, 9.17) is 9.84 Å². The van der Waals surface area contributed by atoms with Crippen LogP contribution in [0.15, 0.2) is 42.6 Å². The number of carboxylic acids is 1. The molecule has 0 aliphatic heterocycles. The van der Waals surface area contributed by atoms with Crippen molar-refractivity contribution < 1.29 is 14.6 Å². The van der Waals surface area contributed by atoms with Gasteiger partial charge < -0.3 is 9.84 Å². The SMILES string of the molecule is COc1cc(-c2cccc(C(=O)O)c2)ccn1. The highest BCUT2D eigenvalue weighted by Crippen LogP contribution is 2.22. The zero-order valence-corrected chi connectivity index (χ0v) is 9.25. The number of aromatic nitrogens is 1. The molecule has 0 aliphatic rings. The Balaban J connectivity index is 2.45. The molecule has 0 aliphatic carbocycles. The van der Waals surface area contributed by atoms with Crippen molar-refractivity contribution in [3.63, 3.8) is 0 Å². The van der Waals surface area contributed by atoms with E-state index in [2.05, 4.69) is 4.98 Å². The van der Waals surface area contributed by atoms with Gasteiger partial charge in [0.15, 0.2) is 0 Å². The van der Waals surface area contributed by atoms with Crippen LogP contribution in [0.1, 0.15) is 10.4 Å². The van der Waals surface area contributed by atoms with Gasteiger partial charge in [0, 0.05) is 12.3 Å². The van der Waals surface area contributed by atoms with E-state index >= 15 is 0 Å². The molecule has 2 aromatic rings. The molecule has 1 aromatic carbocycles. The molecule has 0 spiro atoms. The molecule has 86 valence electrons. The molecule has 0 bridgehead atoms. The normalized spacial score (nSPS) is 9.94. The summed E-state index contributed by atoms with van der Waals surface area (Å²) in [5.41, 5.74) is 1.96. The zero-order chi connectivity index (χ0) is 12.3. The van der Waals surface area contributed by atoms with Crippen LogP contribution in [0, 0.1) is 0 Å². The molecule has 0 saturated heterocycles. The van der Waals surface area contributed by atoms with E-state index < -0.39 is 5.97 Å². The van der Waals surface area contributed by atoms with E-state index in [1.807, 2.05) is 12.1 Å². The van der Waals surface area contributed by atoms with Crippen molar-refractivity contribution in [3.05, 3.63) is 48.2 Å². The van der Waals surface area contributed by atoms with Gasteiger partial charge in [0.05, 0.1) is 12.7 Å². The second-order valence-electron chi connectivity index (χ2n) is 3.47. The van der Waals surface area contributed by atoms with E-state index in [1.54, 1.807) is 37.6 Å². The third-order valence-corrected chi connectivity index (χ3v) is 2.39. The number of pyridine rings is 1. The summed E-state index contributed by atoms with van der Waals surface area (Å²) < 4.78 is 5.03. The second-order valence-corrected chi connectivity index (χ2v) is 3.47. The Labute approximate surface area is 98.5 Å². The lowest BCUT2D eigenvalue weighted by Gasteiger charge is -2.04. The summed E-state index contributed by atoms with van der Waals surface area (Å²) in [5.74, 6) is -0.434. The summed E-state index contributed by atoms with van der Waals surface area (Å²) in [6.07, 6.45) is 1.63. The third kappa shape index (κ3) is 2.42. The van der Waals surface area contributed by atoms with E-state index in [9.17, 15) is 4.79 Å². The summed E-state index contributed by atoms with van der Waals surface area (Å²) >= 11 is 0. The monoisotopic (exact) mass is 229 g/mol. The molecule has 0 atom stereocenters. The van der Waals surface area contributed by atoms with Crippen molar-refractivity contribution in [2.24, 2.45) is 0 Å². The Morgan fingerprint density at radius 1 is 1.24 bits per heavy atom. The zero-order valence-electron chi connectivity index (χ0n) is 9.25. The van der Waals surface area contributed by atoms with Gasteiger partial charge in [0.25, 0.3) is 0 Å². The van der Waals surface area contributed by atoms with Crippen molar-refractivity contribution >= 4 is 5.97 Å². The van der Waals surface area contributed by atoms with Gasteiger partial charge in [0.2, 0.25) is 5.88 Å². The first kappa shape index (κ1) is 11.1. The van der Waals surface area contributed by atoms with Crippen molar-refractivity contribution in [1.29, 1.82) is 0 Å². The van der Waals surface area contributed by atoms with Gasteiger partial charge in [-0.3, -0.25) is 0 Å². The Morgan fingerprint density at radius 2 is 2.00 bits per heavy atom. The van der Waals surface area contributed by atoms with Gasteiger partial charge in [-0.15, -0.1) is 0 Å². The molecule has 0 radical (unpaired) electrons. The number of methoxy groups -OCH3 is 1. The molecular weight excluding hydrogens is 218 g/mol. The first-order valence-electron chi connectivity index (χ1n) is 5.04. The van der Waals surface area contributed by atoms with Gasteiger partial charge in [-0.25, -0.2) is 9.78 Å². The Kier molecular flexibility index (Phi) is 3.05. The number of rotatable bonds is 3. The van der Waals surface area contributed by atoms with Crippen molar-refractivity contribution in [1.82, 2.24) is 4.98 Å². The summed E-state index contributed by atoms with van der Waals surface area (Å²) in [4.78, 5) is 14.9. The molecule has 0 unspecified atom stereocenters. The van der Waals surface area contributed by atoms with E-state index in [1.165, 1.54) is 0 Å². The minimum absolute atomic E-state index is 0.262. The highest BCUT2D eigenvalue weighted by Gasteiger charge is 2.05. The van der Waals surface area contributed by atoms with Crippen LogP contribution < -0.4 is 4.74 Å². The molecule has 0 saturated carbocycles. The predicted octanol–water partition coefficient (Wildman–Crippen LogP) is 2.46. The number of ether oxygens (including phenoxy) is 1. The van der Waals surface area contributed by atoms with Crippen LogP contribution in [-0.2, 0) is 0 Å². The number of carbonyl (C=O) groups is 1. The molecule has 0 fully saturated rings. The van der Waals surface area contributed by atoms with Gasteiger partial charge in [0.1, 0.15) is 0 Å². The fraction of sp³-hybridized carbons (Fsp3) is 0.0769. The first-order valence-corrected chi connectivity index (χ1v) is 5.04. The number of aromatic carboxylic acids is 1. The van der Waals surface area contributed by atoms with Crippen molar-refractivity contribution in [2.75, 3.05) is 7.11 Å². The number of hydrogen-bond acceptors (Lipinski definition) is 3. The average Bonchev–Trinajstić information content (AvgIpc) is 2.39. The topological polar surface area (TPSA) is 59.4 Å². The highest BCUT2D eigenvalue weighted by molar-refractivity contribution is 5.89. The van der Waals surface area contributed by atoms with Crippen LogP contribution in [0.4, 0.5) is 0 Å². The van der Waals surface area contributed by atoms with Gasteiger partial charge in [-0.05, 0) is 29.3 Å². The average molecular weight is 229 g/mol. The molecule has 17 heavy (non-hydrogen) atoms. The predicted molar refractivity (Wildman–Crippen MR) is 63.2 cm³/mol. The molecule has 4 heteroatoms. The minimum atomic E-state index is -0.937. The molecule has 1 aromatic heterocycles. The fourth-order valence-electron chi connectivity index (χ4n) is 1.53. The van der Waals surface area contributed by atoms with Gasteiger partial charge in [-0.1, -0.05) is 12.1 Å². The number of carboxylic acid groups (broad SMARTS) is 1. The summed E-state index contributed by atoms with van der Waals surface area (Å²) in [5, 5.41) is 8.92. The number of benzene rings is 1. The van der Waals surface area contributed by atoms with Crippen molar-refractivity contribution in [2.45, 2.75) is 0 Å². The van der Waals surface area contributed by atoms with E-state index in [-0.39, 0.29) is 5.56 Å². The van der Waals surface area contributed by atoms with Crippen LogP contribution in [0.3, 0.4) is 0 Å². The molecule has 4 nitrogen and oxygen atoms in total. The molecule has 0 amide bonds. The number of hydrogen-bond donors (Lipinski definition) is 1. The first-order chi connectivity index (χ1) is 8.20. The maximum Gasteiger partial charge on any atom is 0.335 e. The van der Waals surface area contributed by atoms with Crippen LogP contribution in [0.5, 0.6) is 5.88 Å². The standard InChI is InChI=1S/C13H11NO3/c1-17-12-8-10(5-6-14-12)9-3-2-4-11(7-9)13(15)16/h2-8H,1H3,(H,15,16). The third-order valence-electron chi connectivity index (χ3n) is 2.39. The summed E-state index contributed by atoms with van der Waals surface area (Å²) in [6.45, 7) is 0. The Bertz CT molecular complexity index is 552. The van der Waals surface area contributed by atoms with Gasteiger partial charge >= 0.3 is 5.97 Å². The second kappa shape index (κ2) is 4.65. The molecule has 1 heterocycles. The van der Waals surface area contributed by atoms with E-state index in [0.29, 0.717) is 5.88 Å². The number of nitrogens with zero attached hydrogens (tertiary/aromatic N) is 1. The molecule has 1 N–H and O–H groups in total. The molecular formula is C13H11NO3. The lowest BCUT2D eigenvalue weighted by Crippen LogP contribution is -1.96. The van der Waals surface area contributed by atoms with Crippen LogP contribution in [0.25, 0.3) is 11.1 Å². The van der Waals surface area contributed by atoms with Gasteiger partial charge in [-0.2, -0.15) is 0 Å². The van der Waals surface area contributed by atoms with Crippen LogP contribution in [-0.4, -0.2) is 23.2 Å². The maximum atomic E-state index is 10.9. The maximum absolute atomic E-state index is 10.9. The smallest absolute Gasteiger partial charge is 0.335 e. The Hall–Kier alpha value is -2.36. The lowest BCUT2D eigenvalue weighted by molar-refractivity contribution is 0.0697. The molecule has 2 rings (SSSR count). The van der Waals surface area contributed by atoms with Crippen molar-refractivity contribution in [3.8, 4) is 17.0 Å². The largest absolute Gasteiger partial charge is 0.481 e. The minimum Gasteiger partial charge on any atom is -0.481 e.